The van der Waals surface area contributed by atoms with E-state index in [1.807, 2.05) is 0 Å². The molecule has 92 valence electrons. The molecule has 17 heavy (non-hydrogen) atoms. The van der Waals surface area contributed by atoms with Gasteiger partial charge in [-0.3, -0.25) is 0 Å². The lowest BCUT2D eigenvalue weighted by Crippen LogP contribution is -2.02. The molecule has 5 nitrogen and oxygen atoms in total. The van der Waals surface area contributed by atoms with Gasteiger partial charge < -0.3 is 15.0 Å². The van der Waals surface area contributed by atoms with Crippen molar-refractivity contribution in [1.82, 2.24) is 0 Å². The van der Waals surface area contributed by atoms with Gasteiger partial charge in [-0.05, 0) is 44.5 Å². The van der Waals surface area contributed by atoms with Crippen molar-refractivity contribution >= 4 is 17.7 Å². The van der Waals surface area contributed by atoms with Gasteiger partial charge >= 0.3 is 11.9 Å². The van der Waals surface area contributed by atoms with Crippen LogP contribution in [0.15, 0.2) is 18.2 Å². The van der Waals surface area contributed by atoms with Crippen molar-refractivity contribution in [3.05, 3.63) is 34.9 Å². The molecule has 1 aromatic rings. The summed E-state index contributed by atoms with van der Waals surface area (Å²) in [6, 6.07) is 3.99. The number of hydrogen-bond acceptors (Lipinski definition) is 3. The van der Waals surface area contributed by atoms with Crippen molar-refractivity contribution in [1.29, 1.82) is 0 Å². The highest BCUT2D eigenvalue weighted by molar-refractivity contribution is 5.94. The van der Waals surface area contributed by atoms with Crippen LogP contribution in [0.1, 0.15) is 40.1 Å². The lowest BCUT2D eigenvalue weighted by atomic mass is 10.1. The van der Waals surface area contributed by atoms with Gasteiger partial charge in [-0.1, -0.05) is 0 Å². The van der Waals surface area contributed by atoms with E-state index in [0.717, 1.165) is 6.07 Å². The number of carbonyl (C=O) groups excluding carboxylic acids is 1. The number of benzene rings is 1. The van der Waals surface area contributed by atoms with E-state index in [9.17, 15) is 14.4 Å². The SMILES string of the molecule is CC(C)=O.Cc1cc(C(=O)O)cc(C(=O)O)c1. The molecular weight excluding hydrogens is 224 g/mol. The molecule has 0 atom stereocenters. The summed E-state index contributed by atoms with van der Waals surface area (Å²) in [6.07, 6.45) is 0. The first-order chi connectivity index (χ1) is 7.73. The summed E-state index contributed by atoms with van der Waals surface area (Å²) in [6.45, 7) is 4.71. The number of hydrogen-bond donors (Lipinski definition) is 2. The third-order valence-electron chi connectivity index (χ3n) is 1.57. The molecule has 0 spiro atoms. The van der Waals surface area contributed by atoms with Gasteiger partial charge in [0, 0.05) is 0 Å². The molecule has 0 radical (unpaired) electrons. The third kappa shape index (κ3) is 6.09. The Kier molecular flexibility index (Phi) is 5.60. The van der Waals surface area contributed by atoms with E-state index in [4.69, 9.17) is 10.2 Å². The van der Waals surface area contributed by atoms with E-state index in [1.165, 1.54) is 26.0 Å². The Bertz CT molecular complexity index is 412. The van der Waals surface area contributed by atoms with Crippen LogP contribution in [0.5, 0.6) is 0 Å². The highest BCUT2D eigenvalue weighted by atomic mass is 16.4. The van der Waals surface area contributed by atoms with Gasteiger partial charge in [0.15, 0.2) is 0 Å². The number of carboxylic acids is 2. The molecule has 5 heteroatoms. The summed E-state index contributed by atoms with van der Waals surface area (Å²) in [4.78, 5) is 30.5. The normalized spacial score (nSPS) is 8.88. The Morgan fingerprint density at radius 3 is 1.41 bits per heavy atom. The van der Waals surface area contributed by atoms with Crippen molar-refractivity contribution in [2.24, 2.45) is 0 Å². The topological polar surface area (TPSA) is 91.7 Å². The van der Waals surface area contributed by atoms with Gasteiger partial charge in [0.05, 0.1) is 11.1 Å². The molecule has 0 aliphatic rings. The highest BCUT2D eigenvalue weighted by Gasteiger charge is 2.09. The fraction of sp³-hybridized carbons (Fsp3) is 0.250. The number of rotatable bonds is 2. The summed E-state index contributed by atoms with van der Waals surface area (Å²) in [5.74, 6) is -2.07. The van der Waals surface area contributed by atoms with Crippen LogP contribution in [0, 0.1) is 6.92 Å². The zero-order valence-corrected chi connectivity index (χ0v) is 9.85. The first kappa shape index (κ1) is 14.8. The number of aromatic carboxylic acids is 2. The second-order valence-electron chi connectivity index (χ2n) is 3.61. The molecule has 0 saturated heterocycles. The molecule has 0 aromatic heterocycles. The Labute approximate surface area is 98.7 Å². The zero-order chi connectivity index (χ0) is 13.6. The summed E-state index contributed by atoms with van der Waals surface area (Å²) >= 11 is 0. The number of Topliss-reactive ketones (excluding diaryl/α,β-unsaturated/α-hetero) is 1. The van der Waals surface area contributed by atoms with Crippen LogP contribution in [0.4, 0.5) is 0 Å². The molecule has 0 heterocycles. The molecule has 0 fully saturated rings. The maximum Gasteiger partial charge on any atom is 0.335 e. The summed E-state index contributed by atoms with van der Waals surface area (Å²) < 4.78 is 0. The van der Waals surface area contributed by atoms with E-state index in [2.05, 4.69) is 0 Å². The molecule has 0 amide bonds. The molecule has 0 unspecified atom stereocenters. The van der Waals surface area contributed by atoms with Gasteiger partial charge in [0.1, 0.15) is 5.78 Å². The highest BCUT2D eigenvalue weighted by Crippen LogP contribution is 2.09. The van der Waals surface area contributed by atoms with Crippen LogP contribution < -0.4 is 0 Å². The Morgan fingerprint density at radius 2 is 1.18 bits per heavy atom. The molecule has 0 bridgehead atoms. The monoisotopic (exact) mass is 238 g/mol. The quantitative estimate of drug-likeness (QED) is 0.821. The Balaban J connectivity index is 0.000000557. The first-order valence-corrected chi connectivity index (χ1v) is 4.79. The average molecular weight is 238 g/mol. The maximum atomic E-state index is 10.5. The average Bonchev–Trinajstić information content (AvgIpc) is 2.15. The summed E-state index contributed by atoms with van der Waals surface area (Å²) in [5, 5.41) is 17.2. The lowest BCUT2D eigenvalue weighted by molar-refractivity contribution is -0.115. The smallest absolute Gasteiger partial charge is 0.335 e. The molecule has 0 aliphatic heterocycles. The fourth-order valence-electron chi connectivity index (χ4n) is 1.03. The van der Waals surface area contributed by atoms with Gasteiger partial charge in [0.25, 0.3) is 0 Å². The van der Waals surface area contributed by atoms with E-state index < -0.39 is 11.9 Å². The van der Waals surface area contributed by atoms with Gasteiger partial charge in [-0.15, -0.1) is 0 Å². The molecule has 1 rings (SSSR count). The largest absolute Gasteiger partial charge is 0.478 e. The summed E-state index contributed by atoms with van der Waals surface area (Å²) in [7, 11) is 0. The van der Waals surface area contributed by atoms with Gasteiger partial charge in [0.2, 0.25) is 0 Å². The van der Waals surface area contributed by atoms with E-state index in [1.54, 1.807) is 6.92 Å². The first-order valence-electron chi connectivity index (χ1n) is 4.79. The Morgan fingerprint density at radius 1 is 0.882 bits per heavy atom. The van der Waals surface area contributed by atoms with Crippen LogP contribution in [0.25, 0.3) is 0 Å². The number of carboxylic acid groups (broad SMARTS) is 2. The lowest BCUT2D eigenvalue weighted by Gasteiger charge is -1.99. The van der Waals surface area contributed by atoms with E-state index in [0.29, 0.717) is 5.56 Å². The molecule has 0 aliphatic carbocycles. The molecule has 1 aromatic carbocycles. The van der Waals surface area contributed by atoms with E-state index >= 15 is 0 Å². The second kappa shape index (κ2) is 6.42. The number of carbonyl (C=O) groups is 3. The molecule has 0 saturated carbocycles. The second-order valence-corrected chi connectivity index (χ2v) is 3.61. The minimum absolute atomic E-state index is 0.00241. The van der Waals surface area contributed by atoms with Crippen molar-refractivity contribution < 1.29 is 24.6 Å². The van der Waals surface area contributed by atoms with Crippen LogP contribution in [0.2, 0.25) is 0 Å². The summed E-state index contributed by atoms with van der Waals surface area (Å²) in [5.41, 5.74) is 0.618. The minimum atomic E-state index is -1.12. The van der Waals surface area contributed by atoms with Crippen LogP contribution in [-0.2, 0) is 4.79 Å². The van der Waals surface area contributed by atoms with Crippen LogP contribution in [-0.4, -0.2) is 27.9 Å². The fourth-order valence-corrected chi connectivity index (χ4v) is 1.03. The molecular formula is C12H14O5. The minimum Gasteiger partial charge on any atom is -0.478 e. The van der Waals surface area contributed by atoms with Gasteiger partial charge in [-0.25, -0.2) is 9.59 Å². The third-order valence-corrected chi connectivity index (χ3v) is 1.57. The maximum absolute atomic E-state index is 10.5. The van der Waals surface area contributed by atoms with E-state index in [-0.39, 0.29) is 16.9 Å². The number of ketones is 1. The Hall–Kier alpha value is -2.17. The van der Waals surface area contributed by atoms with Crippen molar-refractivity contribution in [2.45, 2.75) is 20.8 Å². The number of aryl methyl sites for hydroxylation is 1. The van der Waals surface area contributed by atoms with Crippen molar-refractivity contribution in [3.63, 3.8) is 0 Å². The van der Waals surface area contributed by atoms with Crippen molar-refractivity contribution in [3.8, 4) is 0 Å². The zero-order valence-electron chi connectivity index (χ0n) is 9.85. The van der Waals surface area contributed by atoms with Crippen LogP contribution >= 0.6 is 0 Å². The van der Waals surface area contributed by atoms with Crippen LogP contribution in [0.3, 0.4) is 0 Å². The standard InChI is InChI=1S/C9H8O4.C3H6O/c1-5-2-6(8(10)11)4-7(3-5)9(12)13;1-3(2)4/h2-4H,1H3,(H,10,11)(H,12,13);1-2H3. The molecule has 2 N–H and O–H groups in total. The van der Waals surface area contributed by atoms with Crippen molar-refractivity contribution in [2.75, 3.05) is 0 Å². The van der Waals surface area contributed by atoms with Gasteiger partial charge in [-0.2, -0.15) is 0 Å². The predicted molar refractivity (Wildman–Crippen MR) is 61.5 cm³/mol. The predicted octanol–water partition coefficient (Wildman–Crippen LogP) is 1.99.